The highest BCUT2D eigenvalue weighted by atomic mass is 35.5. The molecule has 5 heteroatoms. The van der Waals surface area contributed by atoms with E-state index in [4.69, 9.17) is 11.6 Å². The van der Waals surface area contributed by atoms with Crippen LogP contribution in [-0.2, 0) is 4.79 Å². The molecule has 1 rings (SSSR count). The molecule has 0 saturated carbocycles. The molecule has 3 nitrogen and oxygen atoms in total. The van der Waals surface area contributed by atoms with Gasteiger partial charge in [-0.25, -0.2) is 0 Å². The Morgan fingerprint density at radius 2 is 2.33 bits per heavy atom. The van der Waals surface area contributed by atoms with Gasteiger partial charge >= 0.3 is 0 Å². The molecule has 1 aliphatic rings. The van der Waals surface area contributed by atoms with Crippen molar-refractivity contribution in [2.45, 2.75) is 19.3 Å². The summed E-state index contributed by atoms with van der Waals surface area (Å²) in [6.45, 7) is 6.02. The lowest BCUT2D eigenvalue weighted by molar-refractivity contribution is -0.121. The summed E-state index contributed by atoms with van der Waals surface area (Å²) in [6, 6.07) is 0. The smallest absolute Gasteiger partial charge is 0.220 e. The zero-order valence-corrected chi connectivity index (χ0v) is 10.3. The predicted octanol–water partition coefficient (Wildman–Crippen LogP) is 1.67. The summed E-state index contributed by atoms with van der Waals surface area (Å²) in [6.07, 6.45) is 2.75. The number of halogens is 2. The average Bonchev–Trinajstić information content (AvgIpc) is 2.63. The van der Waals surface area contributed by atoms with Crippen LogP contribution in [0.4, 0.5) is 0 Å². The molecule has 0 aromatic rings. The third-order valence-corrected chi connectivity index (χ3v) is 2.55. The van der Waals surface area contributed by atoms with Crippen molar-refractivity contribution in [2.75, 3.05) is 19.6 Å². The van der Waals surface area contributed by atoms with Crippen LogP contribution in [0.5, 0.6) is 0 Å². The lowest BCUT2D eigenvalue weighted by atomic mass is 10.0. The second-order valence-electron chi connectivity index (χ2n) is 3.69. The monoisotopic (exact) mass is 252 g/mol. The quantitative estimate of drug-likeness (QED) is 0.782. The number of amides is 1. The topological polar surface area (TPSA) is 41.1 Å². The number of carbonyl (C=O) groups excluding carboxylic acids is 1. The fourth-order valence-electron chi connectivity index (χ4n) is 1.58. The standard InChI is InChI=1S/C10H17ClN2O.ClH/c1-8(11)6-13-10(14)3-2-9-4-5-12-7-9;/h9,12H,1-7H2,(H,13,14);1H. The second kappa shape index (κ2) is 7.97. The zero-order valence-electron chi connectivity index (χ0n) is 8.72. The van der Waals surface area contributed by atoms with E-state index in [0.717, 1.165) is 19.5 Å². The van der Waals surface area contributed by atoms with Gasteiger partial charge in [0.2, 0.25) is 5.91 Å². The van der Waals surface area contributed by atoms with E-state index in [-0.39, 0.29) is 18.3 Å². The molecule has 0 aromatic carbocycles. The van der Waals surface area contributed by atoms with Gasteiger partial charge < -0.3 is 10.6 Å². The van der Waals surface area contributed by atoms with Crippen molar-refractivity contribution in [3.63, 3.8) is 0 Å². The maximum atomic E-state index is 11.3. The Bertz CT molecular complexity index is 215. The summed E-state index contributed by atoms with van der Waals surface area (Å²) < 4.78 is 0. The van der Waals surface area contributed by atoms with Gasteiger partial charge in [-0.1, -0.05) is 18.2 Å². The van der Waals surface area contributed by atoms with Crippen molar-refractivity contribution in [1.82, 2.24) is 10.6 Å². The molecule has 0 aliphatic carbocycles. The molecule has 0 spiro atoms. The van der Waals surface area contributed by atoms with E-state index < -0.39 is 0 Å². The van der Waals surface area contributed by atoms with E-state index in [2.05, 4.69) is 17.2 Å². The Morgan fingerprint density at radius 1 is 1.60 bits per heavy atom. The first kappa shape index (κ1) is 14.8. The summed E-state index contributed by atoms with van der Waals surface area (Å²) in [7, 11) is 0. The Kier molecular flexibility index (Phi) is 7.83. The molecule has 1 saturated heterocycles. The first-order valence-corrected chi connectivity index (χ1v) is 5.37. The first-order chi connectivity index (χ1) is 6.68. The van der Waals surface area contributed by atoms with E-state index in [9.17, 15) is 4.79 Å². The molecular weight excluding hydrogens is 235 g/mol. The van der Waals surface area contributed by atoms with Gasteiger partial charge in [-0.3, -0.25) is 4.79 Å². The predicted molar refractivity (Wildman–Crippen MR) is 65.5 cm³/mol. The molecular formula is C10H18Cl2N2O. The van der Waals surface area contributed by atoms with Crippen molar-refractivity contribution >= 4 is 29.9 Å². The fourth-order valence-corrected chi connectivity index (χ4v) is 1.65. The Balaban J connectivity index is 0.00000196. The van der Waals surface area contributed by atoms with Crippen LogP contribution in [0.25, 0.3) is 0 Å². The summed E-state index contributed by atoms with van der Waals surface area (Å²) in [4.78, 5) is 11.3. The number of nitrogens with one attached hydrogen (secondary N) is 2. The number of rotatable bonds is 5. The highest BCUT2D eigenvalue weighted by Crippen LogP contribution is 2.13. The van der Waals surface area contributed by atoms with E-state index >= 15 is 0 Å². The maximum absolute atomic E-state index is 11.3. The molecule has 88 valence electrons. The number of carbonyl (C=O) groups is 1. The number of hydrogen-bond acceptors (Lipinski definition) is 2. The van der Waals surface area contributed by atoms with Crippen LogP contribution in [0.2, 0.25) is 0 Å². The minimum Gasteiger partial charge on any atom is -0.351 e. The van der Waals surface area contributed by atoms with Crippen molar-refractivity contribution in [3.8, 4) is 0 Å². The minimum absolute atomic E-state index is 0. The average molecular weight is 253 g/mol. The van der Waals surface area contributed by atoms with Gasteiger partial charge in [0.05, 0.1) is 6.54 Å². The Labute approximate surface area is 102 Å². The molecule has 0 radical (unpaired) electrons. The third kappa shape index (κ3) is 6.77. The lowest BCUT2D eigenvalue weighted by Gasteiger charge is -2.07. The molecule has 15 heavy (non-hydrogen) atoms. The van der Waals surface area contributed by atoms with Crippen LogP contribution in [0.1, 0.15) is 19.3 Å². The molecule has 1 amide bonds. The van der Waals surface area contributed by atoms with Gasteiger partial charge in [-0.15, -0.1) is 12.4 Å². The largest absolute Gasteiger partial charge is 0.351 e. The minimum atomic E-state index is 0. The SMILES string of the molecule is C=C(Cl)CNC(=O)CCC1CCNC1.Cl. The van der Waals surface area contributed by atoms with Gasteiger partial charge in [0, 0.05) is 11.5 Å². The summed E-state index contributed by atoms with van der Waals surface area (Å²) in [5.41, 5.74) is 0. The second-order valence-corrected chi connectivity index (χ2v) is 4.23. The van der Waals surface area contributed by atoms with Gasteiger partial charge in [0.1, 0.15) is 0 Å². The number of hydrogen-bond donors (Lipinski definition) is 2. The van der Waals surface area contributed by atoms with Crippen LogP contribution in [0, 0.1) is 5.92 Å². The first-order valence-electron chi connectivity index (χ1n) is 4.99. The lowest BCUT2D eigenvalue weighted by Crippen LogP contribution is -2.25. The van der Waals surface area contributed by atoms with E-state index in [1.54, 1.807) is 0 Å². The molecule has 1 unspecified atom stereocenters. The van der Waals surface area contributed by atoms with Crippen molar-refractivity contribution in [1.29, 1.82) is 0 Å². The normalized spacial score (nSPS) is 19.4. The summed E-state index contributed by atoms with van der Waals surface area (Å²) in [5, 5.41) is 6.47. The van der Waals surface area contributed by atoms with E-state index in [1.165, 1.54) is 6.42 Å². The molecule has 1 atom stereocenters. The summed E-state index contributed by atoms with van der Waals surface area (Å²) >= 11 is 5.53. The molecule has 1 fully saturated rings. The molecule has 0 bridgehead atoms. The van der Waals surface area contributed by atoms with Crippen molar-refractivity contribution in [2.24, 2.45) is 5.92 Å². The molecule has 1 heterocycles. The van der Waals surface area contributed by atoms with Crippen LogP contribution in [-0.4, -0.2) is 25.5 Å². The highest BCUT2D eigenvalue weighted by Gasteiger charge is 2.15. The summed E-state index contributed by atoms with van der Waals surface area (Å²) in [5.74, 6) is 0.735. The third-order valence-electron chi connectivity index (χ3n) is 2.42. The highest BCUT2D eigenvalue weighted by molar-refractivity contribution is 6.29. The Hall–Kier alpha value is -0.250. The molecule has 1 aliphatic heterocycles. The molecule has 2 N–H and O–H groups in total. The van der Waals surface area contributed by atoms with Crippen LogP contribution in [0.3, 0.4) is 0 Å². The van der Waals surface area contributed by atoms with E-state index in [1.807, 2.05) is 0 Å². The van der Waals surface area contributed by atoms with Crippen LogP contribution >= 0.6 is 24.0 Å². The van der Waals surface area contributed by atoms with Gasteiger partial charge in [-0.05, 0) is 31.8 Å². The van der Waals surface area contributed by atoms with Crippen LogP contribution < -0.4 is 10.6 Å². The van der Waals surface area contributed by atoms with Gasteiger partial charge in [-0.2, -0.15) is 0 Å². The maximum Gasteiger partial charge on any atom is 0.220 e. The zero-order chi connectivity index (χ0) is 10.4. The van der Waals surface area contributed by atoms with Crippen LogP contribution in [0.15, 0.2) is 11.6 Å². The van der Waals surface area contributed by atoms with E-state index in [0.29, 0.717) is 23.9 Å². The van der Waals surface area contributed by atoms with Gasteiger partial charge in [0.25, 0.3) is 0 Å². The fraction of sp³-hybridized carbons (Fsp3) is 0.700. The molecule has 0 aromatic heterocycles. The Morgan fingerprint density at radius 3 is 2.87 bits per heavy atom. The van der Waals surface area contributed by atoms with Crippen molar-refractivity contribution in [3.05, 3.63) is 11.6 Å². The van der Waals surface area contributed by atoms with Crippen molar-refractivity contribution < 1.29 is 4.79 Å². The van der Waals surface area contributed by atoms with Gasteiger partial charge in [0.15, 0.2) is 0 Å².